The van der Waals surface area contributed by atoms with E-state index < -0.39 is 59.1 Å². The smallest absolute Gasteiger partial charge is 0.318 e. The van der Waals surface area contributed by atoms with Crippen LogP contribution in [-0.4, -0.2) is 102 Å². The maximum atomic E-state index is 11.8. The first-order chi connectivity index (χ1) is 14.5. The van der Waals surface area contributed by atoms with Gasteiger partial charge in [0.25, 0.3) is 0 Å². The molecule has 0 fully saturated rings. The molecule has 3 unspecified atom stereocenters. The summed E-state index contributed by atoms with van der Waals surface area (Å²) in [6.07, 6.45) is 0. The Morgan fingerprint density at radius 1 is 0.742 bits per heavy atom. The monoisotopic (exact) mass is 504 g/mol. The molecule has 0 aromatic rings. The van der Waals surface area contributed by atoms with Crippen LogP contribution in [0.1, 0.15) is 13.8 Å². The van der Waals surface area contributed by atoms with Crippen molar-refractivity contribution in [1.82, 2.24) is 0 Å². The number of thiol groups is 3. The van der Waals surface area contributed by atoms with Crippen molar-refractivity contribution in [2.75, 3.05) is 58.6 Å². The molecule has 182 valence electrons. The lowest BCUT2D eigenvalue weighted by molar-refractivity contribution is -0.163. The van der Waals surface area contributed by atoms with Gasteiger partial charge in [0.15, 0.2) is 0 Å². The van der Waals surface area contributed by atoms with Crippen molar-refractivity contribution >= 4 is 55.8 Å². The van der Waals surface area contributed by atoms with Gasteiger partial charge in [-0.05, 0) is 13.8 Å². The number of aliphatic hydroxyl groups excluding tert-OH is 3. The lowest BCUT2D eigenvalue weighted by Crippen LogP contribution is -2.46. The van der Waals surface area contributed by atoms with Crippen LogP contribution in [-0.2, 0) is 33.3 Å². The van der Waals surface area contributed by atoms with Gasteiger partial charge < -0.3 is 34.3 Å². The van der Waals surface area contributed by atoms with Crippen molar-refractivity contribution < 1.29 is 48.7 Å². The predicted octanol–water partition coefficient (Wildman–Crippen LogP) is -0.851. The summed E-state index contributed by atoms with van der Waals surface area (Å²) >= 11 is 11.7. The Kier molecular flexibility index (Phi) is 14.9. The third kappa shape index (κ3) is 11.1. The van der Waals surface area contributed by atoms with Gasteiger partial charge in [-0.2, -0.15) is 37.9 Å². The zero-order valence-corrected chi connectivity index (χ0v) is 20.2. The van der Waals surface area contributed by atoms with Crippen molar-refractivity contribution in [3.8, 4) is 0 Å². The maximum Gasteiger partial charge on any atom is 0.318 e. The second kappa shape index (κ2) is 15.2. The van der Waals surface area contributed by atoms with Crippen LogP contribution in [0.5, 0.6) is 0 Å². The highest BCUT2D eigenvalue weighted by molar-refractivity contribution is 7.82. The molecular weight excluding hydrogens is 472 g/mol. The molecule has 0 heterocycles. The van der Waals surface area contributed by atoms with Gasteiger partial charge in [-0.1, -0.05) is 0 Å². The van der Waals surface area contributed by atoms with Gasteiger partial charge in [0, 0.05) is 0 Å². The molecule has 0 radical (unpaired) electrons. The van der Waals surface area contributed by atoms with Crippen molar-refractivity contribution in [2.24, 2.45) is 10.8 Å². The van der Waals surface area contributed by atoms with E-state index in [0.29, 0.717) is 0 Å². The highest BCUT2D eigenvalue weighted by Gasteiger charge is 2.37. The Labute approximate surface area is 198 Å². The van der Waals surface area contributed by atoms with E-state index in [2.05, 4.69) is 37.9 Å². The van der Waals surface area contributed by atoms with Gasteiger partial charge in [-0.3, -0.25) is 14.4 Å². The topological polar surface area (TPSA) is 149 Å². The van der Waals surface area contributed by atoms with Crippen LogP contribution in [0.15, 0.2) is 0 Å². The van der Waals surface area contributed by atoms with Gasteiger partial charge in [-0.15, -0.1) is 0 Å². The van der Waals surface area contributed by atoms with Crippen LogP contribution in [0.2, 0.25) is 0 Å². The van der Waals surface area contributed by atoms with Crippen LogP contribution in [0, 0.1) is 10.8 Å². The third-order valence-corrected chi connectivity index (χ3v) is 4.89. The number of carbonyl (C=O) groups excluding carboxylic acids is 3. The second-order valence-electron chi connectivity index (χ2n) is 7.35. The fourth-order valence-electron chi connectivity index (χ4n) is 1.99. The number of rotatable bonds is 16. The van der Waals surface area contributed by atoms with E-state index in [-0.39, 0.29) is 38.8 Å². The van der Waals surface area contributed by atoms with Gasteiger partial charge in [0.1, 0.15) is 19.8 Å². The minimum Gasteiger partial charge on any atom is -0.464 e. The van der Waals surface area contributed by atoms with E-state index in [0.717, 1.165) is 0 Å². The second-order valence-corrected chi connectivity index (χ2v) is 9.22. The predicted molar refractivity (Wildman–Crippen MR) is 121 cm³/mol. The SMILES string of the molecule is CC(S)C(=O)OCC(CO)(CO)COCC(CO)(COC(=O)CS)COC(=O)C(C)S. The zero-order valence-electron chi connectivity index (χ0n) is 17.6. The molecule has 0 bridgehead atoms. The Morgan fingerprint density at radius 3 is 1.52 bits per heavy atom. The summed E-state index contributed by atoms with van der Waals surface area (Å²) in [6, 6.07) is 0. The van der Waals surface area contributed by atoms with E-state index in [9.17, 15) is 29.7 Å². The Morgan fingerprint density at radius 2 is 1.13 bits per heavy atom. The number of ether oxygens (including phenoxy) is 4. The van der Waals surface area contributed by atoms with Crippen LogP contribution in [0.3, 0.4) is 0 Å². The van der Waals surface area contributed by atoms with Gasteiger partial charge in [0.05, 0.1) is 60.1 Å². The third-order valence-electron chi connectivity index (χ3n) is 4.21. The van der Waals surface area contributed by atoms with E-state index >= 15 is 0 Å². The summed E-state index contributed by atoms with van der Waals surface area (Å²) in [7, 11) is 0. The molecule has 0 aliphatic rings. The molecule has 3 N–H and O–H groups in total. The first-order valence-electron chi connectivity index (χ1n) is 9.36. The molecule has 10 nitrogen and oxygen atoms in total. The van der Waals surface area contributed by atoms with Crippen molar-refractivity contribution in [3.63, 3.8) is 0 Å². The number of esters is 3. The lowest BCUT2D eigenvalue weighted by atomic mass is 9.90. The van der Waals surface area contributed by atoms with Crippen molar-refractivity contribution in [1.29, 1.82) is 0 Å². The van der Waals surface area contributed by atoms with E-state index in [1.807, 2.05) is 0 Å². The average Bonchev–Trinajstić information content (AvgIpc) is 2.76. The first kappa shape index (κ1) is 30.3. The maximum absolute atomic E-state index is 11.8. The molecule has 0 spiro atoms. The highest BCUT2D eigenvalue weighted by Crippen LogP contribution is 2.23. The molecule has 3 atom stereocenters. The molecule has 13 heteroatoms. The molecule has 31 heavy (non-hydrogen) atoms. The summed E-state index contributed by atoms with van der Waals surface area (Å²) in [5.41, 5.74) is -2.64. The fraction of sp³-hybridized carbons (Fsp3) is 0.833. The minimum absolute atomic E-state index is 0.192. The van der Waals surface area contributed by atoms with Gasteiger partial charge >= 0.3 is 17.9 Å². The number of aliphatic hydroxyl groups is 3. The number of hydrogen-bond donors (Lipinski definition) is 6. The molecule has 0 aliphatic carbocycles. The van der Waals surface area contributed by atoms with Crippen LogP contribution in [0.4, 0.5) is 0 Å². The summed E-state index contributed by atoms with van der Waals surface area (Å²) in [5.74, 6) is -2.12. The van der Waals surface area contributed by atoms with E-state index in [1.54, 1.807) is 0 Å². The molecule has 0 rings (SSSR count). The molecule has 0 aliphatic heterocycles. The minimum atomic E-state index is -1.32. The molecule has 0 aromatic heterocycles. The Bertz CT molecular complexity index is 569. The molecule has 0 saturated carbocycles. The quantitative estimate of drug-likeness (QED) is 0.0892. The van der Waals surface area contributed by atoms with E-state index in [4.69, 9.17) is 18.9 Å². The van der Waals surface area contributed by atoms with Crippen molar-refractivity contribution in [3.05, 3.63) is 0 Å². The first-order valence-corrected chi connectivity index (χ1v) is 11.0. The molecule has 0 amide bonds. The molecule has 0 aromatic carbocycles. The molecule has 0 saturated heterocycles. The standard InChI is InChI=1S/C18H32O10S3/c1-12(30)15(23)27-9-17(4-19,5-20)7-25-8-18(6-21,10-26-14(22)3-29)11-28-16(24)13(2)31/h12-13,19-21,29-31H,3-11H2,1-2H3. The van der Waals surface area contributed by atoms with E-state index in [1.165, 1.54) is 13.8 Å². The van der Waals surface area contributed by atoms with Crippen LogP contribution < -0.4 is 0 Å². The Balaban J connectivity index is 5.22. The summed E-state index contributed by atoms with van der Waals surface area (Å²) in [4.78, 5) is 34.9. The normalized spacial score (nSPS) is 15.5. The van der Waals surface area contributed by atoms with Gasteiger partial charge in [0.2, 0.25) is 0 Å². The summed E-state index contributed by atoms with van der Waals surface area (Å²) in [5, 5.41) is 27.9. The van der Waals surface area contributed by atoms with Crippen LogP contribution in [0.25, 0.3) is 0 Å². The Hall–Kier alpha value is -0.700. The van der Waals surface area contributed by atoms with Gasteiger partial charge in [-0.25, -0.2) is 0 Å². The van der Waals surface area contributed by atoms with Crippen LogP contribution >= 0.6 is 37.9 Å². The zero-order chi connectivity index (χ0) is 24.1. The molecular formula is C18H32O10S3. The van der Waals surface area contributed by atoms with Crippen molar-refractivity contribution in [2.45, 2.75) is 24.3 Å². The average molecular weight is 505 g/mol. The lowest BCUT2D eigenvalue weighted by Gasteiger charge is -2.34. The number of hydrogen-bond acceptors (Lipinski definition) is 13. The number of carbonyl (C=O) groups is 3. The fourth-order valence-corrected chi connectivity index (χ4v) is 2.23. The largest absolute Gasteiger partial charge is 0.464 e. The summed E-state index contributed by atoms with van der Waals surface area (Å²) < 4.78 is 20.8. The highest BCUT2D eigenvalue weighted by atomic mass is 32.1. The summed E-state index contributed by atoms with van der Waals surface area (Å²) in [6.45, 7) is -0.239.